The van der Waals surface area contributed by atoms with Gasteiger partial charge in [-0.2, -0.15) is 0 Å². The van der Waals surface area contributed by atoms with Gasteiger partial charge in [-0.15, -0.1) is 0 Å². The minimum Gasteiger partial charge on any atom is -0.352 e. The number of fused-ring (bicyclic) bond motifs is 2. The maximum atomic E-state index is 12.5. The molecule has 4 heteroatoms. The second-order valence-electron chi connectivity index (χ2n) is 7.13. The van der Waals surface area contributed by atoms with Crippen molar-refractivity contribution < 1.29 is 4.79 Å². The quantitative estimate of drug-likeness (QED) is 0.805. The van der Waals surface area contributed by atoms with Crippen LogP contribution >= 0.6 is 0 Å². The molecule has 3 heterocycles. The summed E-state index contributed by atoms with van der Waals surface area (Å²) in [6.07, 6.45) is 8.61. The maximum absolute atomic E-state index is 12.5. The molecule has 114 valence electrons. The number of hydrogen-bond acceptors (Lipinski definition) is 3. The summed E-state index contributed by atoms with van der Waals surface area (Å²) in [5, 5.41) is 6.73. The van der Waals surface area contributed by atoms with Crippen molar-refractivity contribution in [2.75, 3.05) is 13.6 Å². The highest BCUT2D eigenvalue weighted by Gasteiger charge is 2.37. The Morgan fingerprint density at radius 3 is 2.50 bits per heavy atom. The highest BCUT2D eigenvalue weighted by Crippen LogP contribution is 2.32. The fourth-order valence-corrected chi connectivity index (χ4v) is 4.43. The number of amides is 1. The first-order valence-electron chi connectivity index (χ1n) is 8.41. The van der Waals surface area contributed by atoms with Gasteiger partial charge >= 0.3 is 0 Å². The van der Waals surface area contributed by atoms with Crippen LogP contribution in [0.4, 0.5) is 0 Å². The minimum absolute atomic E-state index is 0.0308. The van der Waals surface area contributed by atoms with Crippen molar-refractivity contribution in [3.63, 3.8) is 0 Å². The first-order chi connectivity index (χ1) is 9.65. The third-order valence-electron chi connectivity index (χ3n) is 5.74. The Morgan fingerprint density at radius 2 is 1.85 bits per heavy atom. The van der Waals surface area contributed by atoms with Crippen molar-refractivity contribution in [2.45, 2.75) is 76.0 Å². The molecule has 3 rings (SSSR count). The third-order valence-corrected chi connectivity index (χ3v) is 5.74. The van der Waals surface area contributed by atoms with Crippen LogP contribution in [-0.4, -0.2) is 48.6 Å². The average molecular weight is 279 g/mol. The van der Waals surface area contributed by atoms with E-state index in [9.17, 15) is 4.79 Å². The molecule has 4 atom stereocenters. The molecule has 3 aliphatic rings. The summed E-state index contributed by atoms with van der Waals surface area (Å²) in [7, 11) is 2.26. The lowest BCUT2D eigenvalue weighted by Gasteiger charge is -2.47. The van der Waals surface area contributed by atoms with Crippen LogP contribution in [0.3, 0.4) is 0 Å². The van der Waals surface area contributed by atoms with Gasteiger partial charge < -0.3 is 15.5 Å². The van der Waals surface area contributed by atoms with Gasteiger partial charge in [0.15, 0.2) is 0 Å². The molecule has 3 fully saturated rings. The topological polar surface area (TPSA) is 44.4 Å². The number of carbonyl (C=O) groups is 1. The van der Waals surface area contributed by atoms with Crippen LogP contribution in [0.25, 0.3) is 0 Å². The molecule has 0 saturated carbocycles. The molecule has 2 bridgehead atoms. The fraction of sp³-hybridized carbons (Fsp3) is 0.938. The average Bonchev–Trinajstić information content (AvgIpc) is 2.40. The molecule has 0 spiro atoms. The van der Waals surface area contributed by atoms with Gasteiger partial charge in [-0.25, -0.2) is 0 Å². The predicted octanol–water partition coefficient (Wildman–Crippen LogP) is 1.51. The highest BCUT2D eigenvalue weighted by molar-refractivity contribution is 5.82. The minimum atomic E-state index is 0.0308. The Bertz CT molecular complexity index is 346. The van der Waals surface area contributed by atoms with Gasteiger partial charge in [-0.05, 0) is 58.0 Å². The van der Waals surface area contributed by atoms with E-state index in [-0.39, 0.29) is 11.9 Å². The highest BCUT2D eigenvalue weighted by atomic mass is 16.2. The monoisotopic (exact) mass is 279 g/mol. The SMILES string of the molecule is CC1CCCNC1C(=O)NC1CC2CCCC(C1)N2C. The van der Waals surface area contributed by atoms with Crippen molar-refractivity contribution in [3.05, 3.63) is 0 Å². The van der Waals surface area contributed by atoms with Crippen molar-refractivity contribution in [3.8, 4) is 0 Å². The van der Waals surface area contributed by atoms with Crippen molar-refractivity contribution in [1.82, 2.24) is 15.5 Å². The first kappa shape index (κ1) is 14.3. The summed E-state index contributed by atoms with van der Waals surface area (Å²) < 4.78 is 0. The summed E-state index contributed by atoms with van der Waals surface area (Å²) in [5.74, 6) is 0.708. The second kappa shape index (κ2) is 6.02. The lowest BCUT2D eigenvalue weighted by Crippen LogP contribution is -2.58. The van der Waals surface area contributed by atoms with Crippen LogP contribution in [0.5, 0.6) is 0 Å². The summed E-state index contributed by atoms with van der Waals surface area (Å²) in [5.41, 5.74) is 0. The number of rotatable bonds is 2. The Balaban J connectivity index is 1.56. The van der Waals surface area contributed by atoms with E-state index in [1.165, 1.54) is 32.1 Å². The molecule has 1 amide bonds. The molecular weight excluding hydrogens is 250 g/mol. The molecule has 0 aromatic heterocycles. The van der Waals surface area contributed by atoms with Crippen molar-refractivity contribution in [1.29, 1.82) is 0 Å². The lowest BCUT2D eigenvalue weighted by molar-refractivity contribution is -0.126. The van der Waals surface area contributed by atoms with E-state index in [4.69, 9.17) is 0 Å². The Labute approximate surface area is 122 Å². The van der Waals surface area contributed by atoms with Gasteiger partial charge in [0.2, 0.25) is 5.91 Å². The van der Waals surface area contributed by atoms with E-state index >= 15 is 0 Å². The molecule has 0 aromatic rings. The van der Waals surface area contributed by atoms with Gasteiger partial charge in [-0.1, -0.05) is 13.3 Å². The largest absolute Gasteiger partial charge is 0.352 e. The molecule has 0 radical (unpaired) electrons. The van der Waals surface area contributed by atoms with Crippen LogP contribution in [-0.2, 0) is 4.79 Å². The standard InChI is InChI=1S/C16H29N3O/c1-11-5-4-8-17-15(11)16(20)18-12-9-13-6-3-7-14(10-12)19(13)2/h11-15,17H,3-10H2,1-2H3,(H,18,20). The maximum Gasteiger partial charge on any atom is 0.237 e. The zero-order chi connectivity index (χ0) is 14.1. The summed E-state index contributed by atoms with van der Waals surface area (Å²) in [6, 6.07) is 1.79. The van der Waals surface area contributed by atoms with E-state index in [1.807, 2.05) is 0 Å². The molecule has 3 aliphatic heterocycles. The summed E-state index contributed by atoms with van der Waals surface area (Å²) in [4.78, 5) is 15.0. The number of piperidine rings is 3. The van der Waals surface area contributed by atoms with E-state index in [1.54, 1.807) is 0 Å². The van der Waals surface area contributed by atoms with E-state index in [0.717, 1.165) is 19.4 Å². The summed E-state index contributed by atoms with van der Waals surface area (Å²) >= 11 is 0. The normalized spacial score (nSPS) is 42.2. The van der Waals surface area contributed by atoms with Crippen LogP contribution < -0.4 is 10.6 Å². The van der Waals surface area contributed by atoms with Gasteiger partial charge in [-0.3, -0.25) is 4.79 Å². The van der Waals surface area contributed by atoms with Crippen LogP contribution in [0.1, 0.15) is 51.9 Å². The van der Waals surface area contributed by atoms with Crippen LogP contribution in [0, 0.1) is 5.92 Å². The van der Waals surface area contributed by atoms with Gasteiger partial charge in [0, 0.05) is 18.1 Å². The number of carbonyl (C=O) groups excluding carboxylic acids is 1. The fourth-order valence-electron chi connectivity index (χ4n) is 4.43. The molecule has 0 aromatic carbocycles. The first-order valence-corrected chi connectivity index (χ1v) is 8.41. The number of nitrogens with one attached hydrogen (secondary N) is 2. The molecule has 4 nitrogen and oxygen atoms in total. The molecule has 2 N–H and O–H groups in total. The van der Waals surface area contributed by atoms with E-state index < -0.39 is 0 Å². The summed E-state index contributed by atoms with van der Waals surface area (Å²) in [6.45, 7) is 3.18. The second-order valence-corrected chi connectivity index (χ2v) is 7.13. The molecular formula is C16H29N3O. The van der Waals surface area contributed by atoms with Gasteiger partial charge in [0.25, 0.3) is 0 Å². The van der Waals surface area contributed by atoms with Crippen LogP contribution in [0.2, 0.25) is 0 Å². The lowest BCUT2D eigenvalue weighted by atomic mass is 9.82. The number of hydrogen-bond donors (Lipinski definition) is 2. The van der Waals surface area contributed by atoms with Crippen molar-refractivity contribution >= 4 is 5.91 Å². The van der Waals surface area contributed by atoms with Crippen LogP contribution in [0.15, 0.2) is 0 Å². The molecule has 20 heavy (non-hydrogen) atoms. The number of nitrogens with zero attached hydrogens (tertiary/aromatic N) is 1. The molecule has 4 unspecified atom stereocenters. The van der Waals surface area contributed by atoms with E-state index in [0.29, 0.717) is 24.0 Å². The zero-order valence-corrected chi connectivity index (χ0v) is 12.9. The van der Waals surface area contributed by atoms with E-state index in [2.05, 4.69) is 29.5 Å². The van der Waals surface area contributed by atoms with Gasteiger partial charge in [0.1, 0.15) is 0 Å². The molecule has 0 aliphatic carbocycles. The predicted molar refractivity (Wildman–Crippen MR) is 80.5 cm³/mol. The zero-order valence-electron chi connectivity index (χ0n) is 12.9. The third kappa shape index (κ3) is 2.86. The molecule has 3 saturated heterocycles. The van der Waals surface area contributed by atoms with Crippen molar-refractivity contribution in [2.24, 2.45) is 5.92 Å². The Morgan fingerprint density at radius 1 is 1.15 bits per heavy atom. The Hall–Kier alpha value is -0.610. The smallest absolute Gasteiger partial charge is 0.237 e. The van der Waals surface area contributed by atoms with Gasteiger partial charge in [0.05, 0.1) is 6.04 Å². The Kier molecular flexibility index (Phi) is 4.32.